The van der Waals surface area contributed by atoms with Gasteiger partial charge in [0, 0.05) is 18.9 Å². The van der Waals surface area contributed by atoms with Gasteiger partial charge >= 0.3 is 0 Å². The molecule has 0 unspecified atom stereocenters. The van der Waals surface area contributed by atoms with E-state index < -0.39 is 0 Å². The van der Waals surface area contributed by atoms with E-state index in [0.29, 0.717) is 11.3 Å². The molecule has 0 atom stereocenters. The second-order valence-corrected chi connectivity index (χ2v) is 4.14. The van der Waals surface area contributed by atoms with Crippen LogP contribution in [-0.2, 0) is 6.42 Å². The number of pyridine rings is 1. The Bertz CT molecular complexity index is 581. The van der Waals surface area contributed by atoms with Gasteiger partial charge < -0.3 is 10.6 Å². The van der Waals surface area contributed by atoms with Gasteiger partial charge in [-0.1, -0.05) is 25.1 Å². The van der Waals surface area contributed by atoms with Crippen molar-refractivity contribution in [3.63, 3.8) is 0 Å². The van der Waals surface area contributed by atoms with Crippen LogP contribution in [0.3, 0.4) is 0 Å². The Hall–Kier alpha value is -2.36. The Labute approximate surface area is 112 Å². The van der Waals surface area contributed by atoms with E-state index in [-0.39, 0.29) is 5.91 Å². The average molecular weight is 255 g/mol. The Kier molecular flexibility index (Phi) is 4.13. The van der Waals surface area contributed by atoms with Crippen LogP contribution in [0.25, 0.3) is 0 Å². The molecule has 4 nitrogen and oxygen atoms in total. The molecule has 2 N–H and O–H groups in total. The average Bonchev–Trinajstić information content (AvgIpc) is 2.47. The van der Waals surface area contributed by atoms with Crippen molar-refractivity contribution in [1.82, 2.24) is 4.98 Å². The third-order valence-corrected chi connectivity index (χ3v) is 2.98. The minimum Gasteiger partial charge on any atom is -0.386 e. The first kappa shape index (κ1) is 13.1. The first-order valence-corrected chi connectivity index (χ1v) is 6.27. The molecule has 4 heteroatoms. The normalized spacial score (nSPS) is 10.0. The molecule has 0 radical (unpaired) electrons. The van der Waals surface area contributed by atoms with Crippen molar-refractivity contribution < 1.29 is 4.79 Å². The summed E-state index contributed by atoms with van der Waals surface area (Å²) in [6, 6.07) is 9.52. The summed E-state index contributed by atoms with van der Waals surface area (Å²) >= 11 is 0. The minimum atomic E-state index is -0.132. The van der Waals surface area contributed by atoms with Crippen LogP contribution in [-0.4, -0.2) is 17.9 Å². The fourth-order valence-corrected chi connectivity index (χ4v) is 1.93. The molecule has 98 valence electrons. The molecule has 0 aliphatic carbocycles. The Morgan fingerprint density at radius 3 is 2.74 bits per heavy atom. The molecule has 0 saturated carbocycles. The van der Waals surface area contributed by atoms with Gasteiger partial charge in [-0.2, -0.15) is 0 Å². The lowest BCUT2D eigenvalue weighted by Gasteiger charge is -2.11. The highest BCUT2D eigenvalue weighted by molar-refractivity contribution is 6.08. The van der Waals surface area contributed by atoms with Crippen molar-refractivity contribution in [2.45, 2.75) is 13.3 Å². The van der Waals surface area contributed by atoms with Gasteiger partial charge in [-0.05, 0) is 24.1 Å². The maximum atomic E-state index is 12.3. The number of anilines is 2. The summed E-state index contributed by atoms with van der Waals surface area (Å²) in [7, 11) is 1.77. The molecule has 2 rings (SSSR count). The van der Waals surface area contributed by atoms with Crippen LogP contribution in [0.4, 0.5) is 11.4 Å². The van der Waals surface area contributed by atoms with Gasteiger partial charge in [-0.3, -0.25) is 9.78 Å². The number of para-hydroxylation sites is 1. The van der Waals surface area contributed by atoms with E-state index in [4.69, 9.17) is 0 Å². The first-order valence-electron chi connectivity index (χ1n) is 6.27. The monoisotopic (exact) mass is 255 g/mol. The van der Waals surface area contributed by atoms with Crippen LogP contribution in [0, 0.1) is 0 Å². The predicted molar refractivity (Wildman–Crippen MR) is 77.6 cm³/mol. The molecule has 0 fully saturated rings. The zero-order valence-corrected chi connectivity index (χ0v) is 11.1. The Balaban J connectivity index is 2.26. The van der Waals surface area contributed by atoms with Gasteiger partial charge in [0.25, 0.3) is 5.91 Å². The number of amides is 1. The lowest BCUT2D eigenvalue weighted by Crippen LogP contribution is -2.15. The highest BCUT2D eigenvalue weighted by Crippen LogP contribution is 2.19. The molecule has 1 heterocycles. The molecular weight excluding hydrogens is 238 g/mol. The Morgan fingerprint density at radius 2 is 2.00 bits per heavy atom. The molecule has 2 aromatic rings. The van der Waals surface area contributed by atoms with Crippen LogP contribution < -0.4 is 10.6 Å². The van der Waals surface area contributed by atoms with Gasteiger partial charge in [-0.25, -0.2) is 0 Å². The number of carbonyl (C=O) groups is 1. The van der Waals surface area contributed by atoms with Crippen LogP contribution in [0.2, 0.25) is 0 Å². The quantitative estimate of drug-likeness (QED) is 0.883. The molecule has 0 aliphatic heterocycles. The van der Waals surface area contributed by atoms with E-state index >= 15 is 0 Å². The highest BCUT2D eigenvalue weighted by atomic mass is 16.1. The fourth-order valence-electron chi connectivity index (χ4n) is 1.93. The number of nitrogens with zero attached hydrogens (tertiary/aromatic N) is 1. The maximum Gasteiger partial charge on any atom is 0.257 e. The molecule has 0 bridgehead atoms. The third kappa shape index (κ3) is 2.91. The van der Waals surface area contributed by atoms with E-state index in [0.717, 1.165) is 17.7 Å². The first-order chi connectivity index (χ1) is 9.26. The zero-order chi connectivity index (χ0) is 13.7. The second-order valence-electron chi connectivity index (χ2n) is 4.14. The van der Waals surface area contributed by atoms with Crippen molar-refractivity contribution in [2.75, 3.05) is 17.7 Å². The highest BCUT2D eigenvalue weighted by Gasteiger charge is 2.11. The largest absolute Gasteiger partial charge is 0.386 e. The van der Waals surface area contributed by atoms with Gasteiger partial charge in [0.1, 0.15) is 0 Å². The van der Waals surface area contributed by atoms with Crippen molar-refractivity contribution >= 4 is 17.3 Å². The SMILES string of the molecule is CCc1ccccc1NC(=O)c1ccncc1NC. The lowest BCUT2D eigenvalue weighted by atomic mass is 10.1. The number of benzene rings is 1. The number of aryl methyl sites for hydroxylation is 1. The van der Waals surface area contributed by atoms with Gasteiger partial charge in [-0.15, -0.1) is 0 Å². The number of nitrogens with one attached hydrogen (secondary N) is 2. The topological polar surface area (TPSA) is 54.0 Å². The Morgan fingerprint density at radius 1 is 1.21 bits per heavy atom. The number of rotatable bonds is 4. The van der Waals surface area contributed by atoms with E-state index in [1.807, 2.05) is 24.3 Å². The van der Waals surface area contributed by atoms with Crippen LogP contribution in [0.15, 0.2) is 42.7 Å². The zero-order valence-electron chi connectivity index (χ0n) is 11.1. The molecule has 1 aromatic heterocycles. The number of hydrogen-bond acceptors (Lipinski definition) is 3. The summed E-state index contributed by atoms with van der Waals surface area (Å²) in [5, 5.41) is 5.91. The second kappa shape index (κ2) is 6.00. The predicted octanol–water partition coefficient (Wildman–Crippen LogP) is 2.94. The summed E-state index contributed by atoms with van der Waals surface area (Å²) in [6.45, 7) is 2.07. The van der Waals surface area contributed by atoms with E-state index in [1.54, 1.807) is 25.5 Å². The van der Waals surface area contributed by atoms with Gasteiger partial charge in [0.2, 0.25) is 0 Å². The number of hydrogen-bond donors (Lipinski definition) is 2. The minimum absolute atomic E-state index is 0.132. The summed E-state index contributed by atoms with van der Waals surface area (Å²) in [5.74, 6) is -0.132. The van der Waals surface area contributed by atoms with E-state index in [9.17, 15) is 4.79 Å². The number of aromatic nitrogens is 1. The summed E-state index contributed by atoms with van der Waals surface area (Å²) < 4.78 is 0. The summed E-state index contributed by atoms with van der Waals surface area (Å²) in [5.41, 5.74) is 3.28. The van der Waals surface area contributed by atoms with Crippen LogP contribution in [0.1, 0.15) is 22.8 Å². The molecule has 0 aliphatic rings. The van der Waals surface area contributed by atoms with Crippen molar-refractivity contribution in [3.8, 4) is 0 Å². The van der Waals surface area contributed by atoms with Crippen LogP contribution >= 0.6 is 0 Å². The number of carbonyl (C=O) groups excluding carboxylic acids is 1. The van der Waals surface area contributed by atoms with Gasteiger partial charge in [0.05, 0.1) is 17.4 Å². The van der Waals surface area contributed by atoms with E-state index in [1.165, 1.54) is 0 Å². The molecular formula is C15H17N3O. The van der Waals surface area contributed by atoms with Crippen molar-refractivity contribution in [2.24, 2.45) is 0 Å². The van der Waals surface area contributed by atoms with Gasteiger partial charge in [0.15, 0.2) is 0 Å². The van der Waals surface area contributed by atoms with Crippen molar-refractivity contribution in [1.29, 1.82) is 0 Å². The molecule has 1 aromatic carbocycles. The molecule has 19 heavy (non-hydrogen) atoms. The van der Waals surface area contributed by atoms with Crippen LogP contribution in [0.5, 0.6) is 0 Å². The summed E-state index contributed by atoms with van der Waals surface area (Å²) in [6.07, 6.45) is 4.13. The smallest absolute Gasteiger partial charge is 0.257 e. The lowest BCUT2D eigenvalue weighted by molar-refractivity contribution is 0.102. The maximum absolute atomic E-state index is 12.3. The van der Waals surface area contributed by atoms with Crippen molar-refractivity contribution in [3.05, 3.63) is 53.9 Å². The molecule has 0 spiro atoms. The van der Waals surface area contributed by atoms with E-state index in [2.05, 4.69) is 22.5 Å². The fraction of sp³-hybridized carbons (Fsp3) is 0.200. The summed E-state index contributed by atoms with van der Waals surface area (Å²) in [4.78, 5) is 16.3. The molecule has 0 saturated heterocycles. The molecule has 1 amide bonds. The standard InChI is InChI=1S/C15H17N3O/c1-3-11-6-4-5-7-13(11)18-15(19)12-8-9-17-10-14(12)16-2/h4-10,16H,3H2,1-2H3,(H,18,19). The third-order valence-electron chi connectivity index (χ3n) is 2.98.